The number of ether oxygens (including phenoxy) is 2. The van der Waals surface area contributed by atoms with Crippen LogP contribution in [0.25, 0.3) is 0 Å². The Balaban J connectivity index is 1.25. The van der Waals surface area contributed by atoms with Crippen molar-refractivity contribution in [3.8, 4) is 5.75 Å². The van der Waals surface area contributed by atoms with E-state index in [-0.39, 0.29) is 60.8 Å². The molecule has 3 N–H and O–H groups in total. The van der Waals surface area contributed by atoms with Crippen LogP contribution in [0.2, 0.25) is 18.6 Å². The fraction of sp³-hybridized carbons (Fsp3) is 0.475. The number of hydrogen-bond acceptors (Lipinski definition) is 7. The van der Waals surface area contributed by atoms with E-state index >= 15 is 4.79 Å². The highest BCUT2D eigenvalue weighted by molar-refractivity contribution is 9.10. The Kier molecular flexibility index (Phi) is 10.4. The molecule has 3 saturated heterocycles. The minimum absolute atomic E-state index is 0.0428. The van der Waals surface area contributed by atoms with E-state index in [2.05, 4.69) is 58.7 Å². The quantitative estimate of drug-likeness (QED) is 0.239. The van der Waals surface area contributed by atoms with Crippen LogP contribution in [0.15, 0.2) is 71.2 Å². The number of anilines is 2. The molecule has 3 amide bonds. The third kappa shape index (κ3) is 6.50. The van der Waals surface area contributed by atoms with Gasteiger partial charge in [0.15, 0.2) is 5.60 Å². The zero-order chi connectivity index (χ0) is 36.8. The molecule has 52 heavy (non-hydrogen) atoms. The van der Waals surface area contributed by atoms with Gasteiger partial charge in [-0.15, -0.1) is 0 Å². The van der Waals surface area contributed by atoms with Crippen molar-refractivity contribution in [1.82, 2.24) is 10.2 Å². The number of hydrogen-bond donors (Lipinski definition) is 3. The van der Waals surface area contributed by atoms with Gasteiger partial charge >= 0.3 is 0 Å². The zero-order valence-electron chi connectivity index (χ0n) is 30.4. The van der Waals surface area contributed by atoms with Gasteiger partial charge in [-0.3, -0.25) is 14.4 Å². The first-order valence-electron chi connectivity index (χ1n) is 18.5. The third-order valence-corrected chi connectivity index (χ3v) is 16.8. The maximum atomic E-state index is 15.2. The highest BCUT2D eigenvalue weighted by Gasteiger charge is 2.66. The molecule has 7 rings (SSSR count). The molecule has 0 radical (unpaired) electrons. The summed E-state index contributed by atoms with van der Waals surface area (Å²) in [6, 6.07) is 21.4. The average molecular weight is 790 g/mol. The molecule has 3 aromatic rings. The highest BCUT2D eigenvalue weighted by Crippen LogP contribution is 2.60. The van der Waals surface area contributed by atoms with Crippen LogP contribution in [-0.2, 0) is 31.3 Å². The first kappa shape index (κ1) is 36.8. The van der Waals surface area contributed by atoms with Crippen LogP contribution < -0.4 is 25.5 Å². The summed E-state index contributed by atoms with van der Waals surface area (Å²) in [6.07, 6.45) is 3.03. The van der Waals surface area contributed by atoms with Gasteiger partial charge in [0.1, 0.15) is 5.75 Å². The topological polar surface area (TPSA) is 120 Å². The van der Waals surface area contributed by atoms with Crippen molar-refractivity contribution in [1.29, 1.82) is 0 Å². The molecule has 0 aromatic heterocycles. The van der Waals surface area contributed by atoms with Gasteiger partial charge < -0.3 is 35.0 Å². The zero-order valence-corrected chi connectivity index (χ0v) is 32.9. The van der Waals surface area contributed by atoms with Gasteiger partial charge in [-0.05, 0) is 85.8 Å². The molecule has 4 aliphatic heterocycles. The first-order chi connectivity index (χ1) is 25.0. The minimum Gasteiger partial charge on any atom is -0.497 e. The standard InChI is InChI=1S/C40H49BrN4O6Si/c1-25-37(52(3,4)31-15-13-30(50-2)14-16-31)35(22-36(47)44-19-7-10-29(44)24-46)51-40(25)32-21-27(41)12-17-34(32)45(39(40)49)23-26-8-5-9-28(20-26)43-38(48)33-11-6-18-42-33/h5,8-9,12-17,20-21,25,29,33,35,37,42,46H,6-7,10-11,18-19,22-24H2,1-4H3,(H,43,48)/t25-,29+,33-,35+,37-,40+/m1/s1. The summed E-state index contributed by atoms with van der Waals surface area (Å²) in [5, 5.41) is 17.5. The van der Waals surface area contributed by atoms with Gasteiger partial charge in [0.25, 0.3) is 5.91 Å². The Morgan fingerprint density at radius 1 is 1.10 bits per heavy atom. The average Bonchev–Trinajstić information content (AvgIpc) is 3.94. The molecule has 3 fully saturated rings. The van der Waals surface area contributed by atoms with Crippen molar-refractivity contribution in [2.45, 2.75) is 88.0 Å². The summed E-state index contributed by atoms with van der Waals surface area (Å²) >= 11 is 3.68. The number of carbonyl (C=O) groups excluding carboxylic acids is 3. The first-order valence-corrected chi connectivity index (χ1v) is 22.3. The molecule has 0 saturated carbocycles. The number of fused-ring (bicyclic) bond motifs is 2. The second-order valence-electron chi connectivity index (χ2n) is 15.3. The minimum atomic E-state index is -2.46. The number of carbonyl (C=O) groups is 3. The Labute approximate surface area is 315 Å². The Bertz CT molecular complexity index is 1830. The number of nitrogens with zero attached hydrogens (tertiary/aromatic N) is 2. The van der Waals surface area contributed by atoms with E-state index in [9.17, 15) is 14.7 Å². The number of aliphatic hydroxyl groups excluding tert-OH is 1. The summed E-state index contributed by atoms with van der Waals surface area (Å²) in [5.74, 6) is 0.265. The predicted octanol–water partition coefficient (Wildman–Crippen LogP) is 5.28. The van der Waals surface area contributed by atoms with E-state index in [0.717, 1.165) is 59.3 Å². The number of nitrogens with one attached hydrogen (secondary N) is 2. The number of rotatable bonds is 10. The second kappa shape index (κ2) is 14.7. The molecular formula is C40H49BrN4O6Si. The summed E-state index contributed by atoms with van der Waals surface area (Å²) in [7, 11) is -0.803. The summed E-state index contributed by atoms with van der Waals surface area (Å²) in [4.78, 5) is 45.8. The van der Waals surface area contributed by atoms with Crippen molar-refractivity contribution >= 4 is 58.3 Å². The van der Waals surface area contributed by atoms with Gasteiger partial charge in [0.05, 0.1) is 58.6 Å². The largest absolute Gasteiger partial charge is 0.497 e. The Morgan fingerprint density at radius 3 is 2.60 bits per heavy atom. The molecule has 0 unspecified atom stereocenters. The second-order valence-corrected chi connectivity index (χ2v) is 20.9. The lowest BCUT2D eigenvalue weighted by atomic mass is 9.82. The normalized spacial score (nSPS) is 27.0. The molecule has 4 heterocycles. The van der Waals surface area contributed by atoms with Crippen molar-refractivity contribution in [2.24, 2.45) is 5.92 Å². The number of halogens is 1. The predicted molar refractivity (Wildman–Crippen MR) is 207 cm³/mol. The van der Waals surface area contributed by atoms with Gasteiger partial charge in [-0.1, -0.05) is 65.4 Å². The summed E-state index contributed by atoms with van der Waals surface area (Å²) < 4.78 is 13.5. The lowest BCUT2D eigenvalue weighted by Crippen LogP contribution is -2.52. The van der Waals surface area contributed by atoms with Crippen LogP contribution in [-0.4, -0.2) is 80.8 Å². The molecule has 3 aromatic carbocycles. The molecule has 0 aliphatic carbocycles. The lowest BCUT2D eigenvalue weighted by Gasteiger charge is -2.37. The number of benzene rings is 3. The van der Waals surface area contributed by atoms with Crippen LogP contribution in [0.3, 0.4) is 0 Å². The number of methoxy groups -OCH3 is 1. The van der Waals surface area contributed by atoms with Crippen LogP contribution >= 0.6 is 15.9 Å². The van der Waals surface area contributed by atoms with E-state index in [1.54, 1.807) is 12.0 Å². The van der Waals surface area contributed by atoms with E-state index in [1.165, 1.54) is 5.19 Å². The molecule has 276 valence electrons. The monoisotopic (exact) mass is 788 g/mol. The third-order valence-electron chi connectivity index (χ3n) is 12.0. The van der Waals surface area contributed by atoms with E-state index < -0.39 is 19.8 Å². The molecule has 4 aliphatic rings. The Hall–Kier alpha value is -3.55. The van der Waals surface area contributed by atoms with Gasteiger partial charge in [0.2, 0.25) is 11.8 Å². The number of amides is 3. The van der Waals surface area contributed by atoms with Crippen LogP contribution in [0.5, 0.6) is 5.75 Å². The summed E-state index contributed by atoms with van der Waals surface area (Å²) in [5.41, 5.74) is 1.73. The van der Waals surface area contributed by atoms with Crippen molar-refractivity contribution in [2.75, 3.05) is 37.0 Å². The van der Waals surface area contributed by atoms with Crippen LogP contribution in [0.4, 0.5) is 11.4 Å². The van der Waals surface area contributed by atoms with E-state index in [0.29, 0.717) is 12.2 Å². The Morgan fingerprint density at radius 2 is 1.88 bits per heavy atom. The summed E-state index contributed by atoms with van der Waals surface area (Å²) in [6.45, 7) is 8.41. The molecule has 12 heteroatoms. The molecular weight excluding hydrogens is 740 g/mol. The highest BCUT2D eigenvalue weighted by atomic mass is 79.9. The lowest BCUT2D eigenvalue weighted by molar-refractivity contribution is -0.150. The SMILES string of the molecule is COc1ccc([Si](C)(C)[C@H]2[C@H](CC(=O)N3CCC[C@H]3CO)O[C@@]3(C(=O)N(Cc4cccc(NC(=O)[C@H]5CCCN5)c4)c4ccc(Br)cc43)[C@@H]2C)cc1. The smallest absolute Gasteiger partial charge is 0.264 e. The van der Waals surface area contributed by atoms with Crippen molar-refractivity contribution in [3.05, 3.63) is 82.3 Å². The molecule has 1 spiro atoms. The van der Waals surface area contributed by atoms with Crippen molar-refractivity contribution < 1.29 is 29.0 Å². The molecule has 0 bridgehead atoms. The number of aliphatic hydroxyl groups is 1. The van der Waals surface area contributed by atoms with Crippen molar-refractivity contribution in [3.63, 3.8) is 0 Å². The molecule has 10 nitrogen and oxygen atoms in total. The fourth-order valence-electron chi connectivity index (χ4n) is 9.35. The maximum Gasteiger partial charge on any atom is 0.264 e. The van der Waals surface area contributed by atoms with Gasteiger partial charge in [-0.2, -0.15) is 0 Å². The van der Waals surface area contributed by atoms with E-state index in [1.807, 2.05) is 59.5 Å². The molecule has 6 atom stereocenters. The van der Waals surface area contributed by atoms with Gasteiger partial charge in [0, 0.05) is 28.2 Å². The van der Waals surface area contributed by atoms with Crippen LogP contribution in [0.1, 0.15) is 50.2 Å². The van der Waals surface area contributed by atoms with E-state index in [4.69, 9.17) is 9.47 Å². The fourth-order valence-corrected chi connectivity index (χ4v) is 13.7. The number of likely N-dealkylation sites (tertiary alicyclic amines) is 1. The van der Waals surface area contributed by atoms with Crippen LogP contribution in [0, 0.1) is 5.92 Å². The maximum absolute atomic E-state index is 15.2. The van der Waals surface area contributed by atoms with Gasteiger partial charge in [-0.25, -0.2) is 0 Å².